The molecule has 0 saturated carbocycles. The van der Waals surface area contributed by atoms with Crippen LogP contribution in [0, 0.1) is 0 Å². The van der Waals surface area contributed by atoms with Gasteiger partial charge in [0.2, 0.25) is 0 Å². The van der Waals surface area contributed by atoms with E-state index >= 15 is 0 Å². The van der Waals surface area contributed by atoms with Crippen molar-refractivity contribution in [1.82, 2.24) is 9.55 Å². The Balaban J connectivity index is 1.65. The van der Waals surface area contributed by atoms with Crippen LogP contribution in [0.1, 0.15) is 48.0 Å². The van der Waals surface area contributed by atoms with E-state index in [4.69, 9.17) is 21.4 Å². The fourth-order valence-electron chi connectivity index (χ4n) is 3.36. The number of aliphatic hydroxyl groups is 1. The highest BCUT2D eigenvalue weighted by atomic mass is 35.5. The average molecular weight is 443 g/mol. The van der Waals surface area contributed by atoms with Crippen molar-refractivity contribution >= 4 is 17.6 Å². The number of aliphatic carboxylic acids is 1. The van der Waals surface area contributed by atoms with Crippen LogP contribution >= 0.6 is 11.6 Å². The predicted molar refractivity (Wildman–Crippen MR) is 119 cm³/mol. The number of ether oxygens (including phenoxy) is 1. The number of hydrogen-bond donors (Lipinski definition) is 2. The van der Waals surface area contributed by atoms with Gasteiger partial charge < -0.3 is 19.5 Å². The van der Waals surface area contributed by atoms with Crippen LogP contribution in [-0.4, -0.2) is 25.7 Å². The third-order valence-corrected chi connectivity index (χ3v) is 5.39. The lowest BCUT2D eigenvalue weighted by Gasteiger charge is -2.11. The standard InChI is InChI=1S/C24H27ClN2O4/c1-2-3-7-22-26-21(15-28)24(25)27(22)14-17-8-10-20(11-9-17)31-16-19-6-4-5-18(12-19)13-23(29)30/h4-6,8-12,28H,2-3,7,13-16H2,1H3,(H,29,30). The van der Waals surface area contributed by atoms with Gasteiger partial charge in [0.15, 0.2) is 0 Å². The number of aliphatic hydroxyl groups excluding tert-OH is 1. The molecule has 6 nitrogen and oxygen atoms in total. The van der Waals surface area contributed by atoms with E-state index in [1.54, 1.807) is 6.07 Å². The van der Waals surface area contributed by atoms with E-state index in [0.29, 0.717) is 24.0 Å². The SMILES string of the molecule is CCCCc1nc(CO)c(Cl)n1Cc1ccc(OCc2cccc(CC(=O)O)c2)cc1. The number of carboxylic acid groups (broad SMARTS) is 1. The minimum Gasteiger partial charge on any atom is -0.489 e. The zero-order chi connectivity index (χ0) is 22.2. The minimum atomic E-state index is -0.851. The lowest BCUT2D eigenvalue weighted by atomic mass is 10.1. The molecule has 0 aliphatic rings. The van der Waals surface area contributed by atoms with Gasteiger partial charge >= 0.3 is 5.97 Å². The van der Waals surface area contributed by atoms with E-state index in [2.05, 4.69) is 11.9 Å². The fourth-order valence-corrected chi connectivity index (χ4v) is 3.62. The quantitative estimate of drug-likeness (QED) is 0.452. The first-order valence-electron chi connectivity index (χ1n) is 10.4. The van der Waals surface area contributed by atoms with Crippen LogP contribution in [0.15, 0.2) is 48.5 Å². The van der Waals surface area contributed by atoms with Gasteiger partial charge in [0.25, 0.3) is 0 Å². The van der Waals surface area contributed by atoms with Gasteiger partial charge in [0.1, 0.15) is 29.0 Å². The molecule has 0 amide bonds. The molecule has 2 aromatic carbocycles. The summed E-state index contributed by atoms with van der Waals surface area (Å²) >= 11 is 6.43. The number of halogens is 1. The van der Waals surface area contributed by atoms with Gasteiger partial charge in [-0.25, -0.2) is 4.98 Å². The van der Waals surface area contributed by atoms with Crippen molar-refractivity contribution in [2.24, 2.45) is 0 Å². The highest BCUT2D eigenvalue weighted by molar-refractivity contribution is 6.30. The maximum Gasteiger partial charge on any atom is 0.307 e. The Bertz CT molecular complexity index is 1010. The molecule has 0 fully saturated rings. The molecule has 0 bridgehead atoms. The number of aromatic nitrogens is 2. The van der Waals surface area contributed by atoms with Gasteiger partial charge in [0.05, 0.1) is 19.6 Å². The Morgan fingerprint density at radius 1 is 1.13 bits per heavy atom. The molecule has 0 spiro atoms. The summed E-state index contributed by atoms with van der Waals surface area (Å²) in [6.07, 6.45) is 2.89. The first-order chi connectivity index (χ1) is 15.0. The Morgan fingerprint density at radius 2 is 1.87 bits per heavy atom. The van der Waals surface area contributed by atoms with Gasteiger partial charge in [-0.2, -0.15) is 0 Å². The zero-order valence-electron chi connectivity index (χ0n) is 17.6. The van der Waals surface area contributed by atoms with Crippen molar-refractivity contribution < 1.29 is 19.7 Å². The normalized spacial score (nSPS) is 10.9. The van der Waals surface area contributed by atoms with Crippen LogP contribution in [0.25, 0.3) is 0 Å². The summed E-state index contributed by atoms with van der Waals surface area (Å²) in [7, 11) is 0. The largest absolute Gasteiger partial charge is 0.489 e. The molecule has 0 radical (unpaired) electrons. The summed E-state index contributed by atoms with van der Waals surface area (Å²) in [6.45, 7) is 2.89. The Kier molecular flexibility index (Phi) is 8.09. The maximum absolute atomic E-state index is 10.9. The molecule has 1 aromatic heterocycles. The molecule has 0 saturated heterocycles. The van der Waals surface area contributed by atoms with E-state index in [1.807, 2.05) is 47.0 Å². The topological polar surface area (TPSA) is 84.6 Å². The lowest BCUT2D eigenvalue weighted by molar-refractivity contribution is -0.136. The van der Waals surface area contributed by atoms with Crippen LogP contribution < -0.4 is 4.74 Å². The molecule has 7 heteroatoms. The number of benzene rings is 2. The van der Waals surface area contributed by atoms with Gasteiger partial charge in [-0.15, -0.1) is 0 Å². The number of nitrogens with zero attached hydrogens (tertiary/aromatic N) is 2. The number of carbonyl (C=O) groups is 1. The van der Waals surface area contributed by atoms with E-state index in [-0.39, 0.29) is 13.0 Å². The minimum absolute atomic E-state index is 0.00239. The summed E-state index contributed by atoms with van der Waals surface area (Å²) < 4.78 is 7.80. The molecule has 164 valence electrons. The molecule has 3 aromatic rings. The summed E-state index contributed by atoms with van der Waals surface area (Å²) in [5.74, 6) is 0.763. The summed E-state index contributed by atoms with van der Waals surface area (Å²) in [6, 6.07) is 15.2. The maximum atomic E-state index is 10.9. The van der Waals surface area contributed by atoms with Crippen molar-refractivity contribution in [3.8, 4) is 5.75 Å². The third-order valence-electron chi connectivity index (χ3n) is 4.97. The van der Waals surface area contributed by atoms with E-state index in [1.165, 1.54) is 0 Å². The second-order valence-electron chi connectivity index (χ2n) is 7.44. The Hall–Kier alpha value is -2.83. The van der Waals surface area contributed by atoms with Gasteiger partial charge in [-0.05, 0) is 35.2 Å². The summed E-state index contributed by atoms with van der Waals surface area (Å²) in [4.78, 5) is 15.4. The second kappa shape index (κ2) is 11.0. The van der Waals surface area contributed by atoms with Crippen LogP contribution in [0.2, 0.25) is 5.15 Å². The predicted octanol–water partition coefficient (Wildman–Crippen LogP) is 4.63. The first-order valence-corrected chi connectivity index (χ1v) is 10.7. The van der Waals surface area contributed by atoms with Crippen LogP contribution in [0.5, 0.6) is 5.75 Å². The van der Waals surface area contributed by atoms with Crippen molar-refractivity contribution in [2.75, 3.05) is 0 Å². The number of carboxylic acids is 1. The van der Waals surface area contributed by atoms with Crippen molar-refractivity contribution in [2.45, 2.75) is 52.4 Å². The van der Waals surface area contributed by atoms with Crippen LogP contribution in [0.4, 0.5) is 0 Å². The molecule has 3 rings (SSSR count). The smallest absolute Gasteiger partial charge is 0.307 e. The Morgan fingerprint density at radius 3 is 2.55 bits per heavy atom. The first kappa shape index (κ1) is 22.8. The van der Waals surface area contributed by atoms with Crippen LogP contribution in [-0.2, 0) is 37.4 Å². The molecule has 31 heavy (non-hydrogen) atoms. The Labute approximate surface area is 187 Å². The van der Waals surface area contributed by atoms with E-state index in [0.717, 1.165) is 47.5 Å². The number of unbranched alkanes of at least 4 members (excludes halogenated alkanes) is 1. The van der Waals surface area contributed by atoms with Gasteiger partial charge in [-0.3, -0.25) is 4.79 Å². The molecule has 1 heterocycles. The van der Waals surface area contributed by atoms with Crippen molar-refractivity contribution in [3.05, 3.63) is 81.9 Å². The molecule has 0 aliphatic heterocycles. The molecule has 0 aliphatic carbocycles. The number of rotatable bonds is 11. The fraction of sp³-hybridized carbons (Fsp3) is 0.333. The summed E-state index contributed by atoms with van der Waals surface area (Å²) in [5, 5.41) is 18.9. The highest BCUT2D eigenvalue weighted by Gasteiger charge is 2.15. The monoisotopic (exact) mass is 442 g/mol. The van der Waals surface area contributed by atoms with Crippen LogP contribution in [0.3, 0.4) is 0 Å². The van der Waals surface area contributed by atoms with Crippen molar-refractivity contribution in [1.29, 1.82) is 0 Å². The molecule has 0 atom stereocenters. The molecular weight excluding hydrogens is 416 g/mol. The average Bonchev–Trinajstić information content (AvgIpc) is 3.06. The molecule has 2 N–H and O–H groups in total. The lowest BCUT2D eigenvalue weighted by Crippen LogP contribution is -2.06. The van der Waals surface area contributed by atoms with Crippen molar-refractivity contribution in [3.63, 3.8) is 0 Å². The second-order valence-corrected chi connectivity index (χ2v) is 7.79. The third kappa shape index (κ3) is 6.32. The van der Waals surface area contributed by atoms with Gasteiger partial charge in [-0.1, -0.05) is 61.3 Å². The number of aryl methyl sites for hydroxylation is 1. The van der Waals surface area contributed by atoms with E-state index in [9.17, 15) is 9.90 Å². The number of imidazole rings is 1. The number of hydrogen-bond acceptors (Lipinski definition) is 4. The molecule has 0 unspecified atom stereocenters. The van der Waals surface area contributed by atoms with E-state index < -0.39 is 5.97 Å². The molecular formula is C24H27ClN2O4. The summed E-state index contributed by atoms with van der Waals surface area (Å²) in [5.41, 5.74) is 3.24. The highest BCUT2D eigenvalue weighted by Crippen LogP contribution is 2.23. The zero-order valence-corrected chi connectivity index (χ0v) is 18.3. The van der Waals surface area contributed by atoms with Gasteiger partial charge in [0, 0.05) is 6.42 Å².